The molecule has 0 spiro atoms. The van der Waals surface area contributed by atoms with Crippen molar-refractivity contribution in [2.75, 3.05) is 50.5 Å². The van der Waals surface area contributed by atoms with Gasteiger partial charge >= 0.3 is 0 Å². The van der Waals surface area contributed by atoms with Gasteiger partial charge in [0.15, 0.2) is 17.3 Å². The minimum atomic E-state index is -0.683. The minimum Gasteiger partial charge on any atom is -0.379 e. The zero-order valence-electron chi connectivity index (χ0n) is 20.4. The van der Waals surface area contributed by atoms with Gasteiger partial charge in [0.1, 0.15) is 11.2 Å². The Morgan fingerprint density at radius 2 is 1.89 bits per heavy atom. The third-order valence-electron chi connectivity index (χ3n) is 6.30. The highest BCUT2D eigenvalue weighted by molar-refractivity contribution is 5.99. The van der Waals surface area contributed by atoms with Crippen molar-refractivity contribution >= 4 is 34.3 Å². The Kier molecular flexibility index (Phi) is 6.74. The first kappa shape index (κ1) is 23.6. The van der Waals surface area contributed by atoms with E-state index < -0.39 is 5.91 Å². The normalized spacial score (nSPS) is 14.2. The molecular formula is C25H29N9O2. The quantitative estimate of drug-likeness (QED) is 0.342. The SMILES string of the molecule is CNc1nc(Nc2ccc(CCN3CCOCC3)cc2)c(C(N)=O)nc1-c1cncc2c1ncn2C. The fraction of sp³-hybridized carbons (Fsp3) is 0.320. The highest BCUT2D eigenvalue weighted by Crippen LogP contribution is 2.32. The van der Waals surface area contributed by atoms with Gasteiger partial charge in [-0.25, -0.2) is 15.0 Å². The molecule has 0 saturated carbocycles. The highest BCUT2D eigenvalue weighted by Gasteiger charge is 2.21. The summed E-state index contributed by atoms with van der Waals surface area (Å²) in [5.41, 5.74) is 10.4. The second-order valence-corrected chi connectivity index (χ2v) is 8.67. The largest absolute Gasteiger partial charge is 0.379 e. The number of rotatable bonds is 8. The fourth-order valence-electron chi connectivity index (χ4n) is 4.28. The van der Waals surface area contributed by atoms with Gasteiger partial charge in [-0.2, -0.15) is 0 Å². The Morgan fingerprint density at radius 1 is 1.11 bits per heavy atom. The van der Waals surface area contributed by atoms with Crippen LogP contribution in [0, 0.1) is 0 Å². The fourth-order valence-corrected chi connectivity index (χ4v) is 4.28. The number of carbonyl (C=O) groups is 1. The van der Waals surface area contributed by atoms with Crippen molar-refractivity contribution < 1.29 is 9.53 Å². The predicted octanol–water partition coefficient (Wildman–Crippen LogP) is 2.18. The maximum atomic E-state index is 12.4. The van der Waals surface area contributed by atoms with Crippen LogP contribution in [0.5, 0.6) is 0 Å². The number of fused-ring (bicyclic) bond motifs is 1. The molecule has 1 amide bonds. The maximum absolute atomic E-state index is 12.4. The van der Waals surface area contributed by atoms with Crippen molar-refractivity contribution in [2.24, 2.45) is 12.8 Å². The van der Waals surface area contributed by atoms with Crippen LogP contribution in [0.1, 0.15) is 16.1 Å². The lowest BCUT2D eigenvalue weighted by atomic mass is 10.1. The number of carbonyl (C=O) groups excluding carboxylic acids is 1. The number of hydrogen-bond acceptors (Lipinski definition) is 9. The lowest BCUT2D eigenvalue weighted by Crippen LogP contribution is -2.37. The van der Waals surface area contributed by atoms with Crippen LogP contribution < -0.4 is 16.4 Å². The van der Waals surface area contributed by atoms with Crippen molar-refractivity contribution in [3.63, 3.8) is 0 Å². The molecule has 0 radical (unpaired) electrons. The van der Waals surface area contributed by atoms with Gasteiger partial charge in [-0.1, -0.05) is 12.1 Å². The summed E-state index contributed by atoms with van der Waals surface area (Å²) in [5, 5.41) is 6.28. The minimum absolute atomic E-state index is 0.0355. The Hall–Kier alpha value is -4.09. The summed E-state index contributed by atoms with van der Waals surface area (Å²) >= 11 is 0. The Morgan fingerprint density at radius 3 is 2.61 bits per heavy atom. The summed E-state index contributed by atoms with van der Waals surface area (Å²) in [7, 11) is 3.64. The number of ether oxygens (including phenoxy) is 1. The second-order valence-electron chi connectivity index (χ2n) is 8.67. The molecule has 11 nitrogen and oxygen atoms in total. The smallest absolute Gasteiger partial charge is 0.271 e. The molecule has 36 heavy (non-hydrogen) atoms. The van der Waals surface area contributed by atoms with Crippen LogP contribution in [0.2, 0.25) is 0 Å². The van der Waals surface area contributed by atoms with Gasteiger partial charge in [-0.05, 0) is 24.1 Å². The van der Waals surface area contributed by atoms with Crippen LogP contribution in [0.25, 0.3) is 22.3 Å². The van der Waals surface area contributed by atoms with Gasteiger partial charge in [-0.3, -0.25) is 14.7 Å². The number of aromatic nitrogens is 5. The summed E-state index contributed by atoms with van der Waals surface area (Å²) in [5.74, 6) is 0.0691. The molecule has 1 aliphatic heterocycles. The number of nitrogens with zero attached hydrogens (tertiary/aromatic N) is 6. The van der Waals surface area contributed by atoms with E-state index >= 15 is 0 Å². The van der Waals surface area contributed by atoms with Gasteiger partial charge < -0.3 is 25.7 Å². The maximum Gasteiger partial charge on any atom is 0.271 e. The molecule has 0 aliphatic carbocycles. The van der Waals surface area contributed by atoms with E-state index in [1.54, 1.807) is 25.8 Å². The topological polar surface area (TPSA) is 136 Å². The number of hydrogen-bond donors (Lipinski definition) is 3. The van der Waals surface area contributed by atoms with E-state index in [0.29, 0.717) is 22.6 Å². The molecule has 4 N–H and O–H groups in total. The third kappa shape index (κ3) is 4.83. The van der Waals surface area contributed by atoms with Crippen LogP contribution in [0.3, 0.4) is 0 Å². The molecule has 5 rings (SSSR count). The monoisotopic (exact) mass is 487 g/mol. The Balaban J connectivity index is 1.41. The summed E-state index contributed by atoms with van der Waals surface area (Å²) in [6, 6.07) is 8.07. The lowest BCUT2D eigenvalue weighted by molar-refractivity contribution is 0.0384. The molecular weight excluding hydrogens is 458 g/mol. The van der Waals surface area contributed by atoms with Gasteiger partial charge in [0.05, 0.1) is 36.8 Å². The summed E-state index contributed by atoms with van der Waals surface area (Å²) in [4.78, 5) is 32.8. The van der Waals surface area contributed by atoms with E-state index in [1.165, 1.54) is 5.56 Å². The predicted molar refractivity (Wildman–Crippen MR) is 138 cm³/mol. The van der Waals surface area contributed by atoms with E-state index in [4.69, 9.17) is 10.5 Å². The number of aryl methyl sites for hydroxylation is 1. The first-order valence-corrected chi connectivity index (χ1v) is 11.8. The molecule has 1 aliphatic rings. The molecule has 0 atom stereocenters. The van der Waals surface area contributed by atoms with Crippen LogP contribution in [0.15, 0.2) is 43.0 Å². The van der Waals surface area contributed by atoms with Crippen LogP contribution >= 0.6 is 0 Å². The molecule has 0 bridgehead atoms. The molecule has 1 fully saturated rings. The molecule has 4 aromatic rings. The number of pyridine rings is 1. The molecule has 1 saturated heterocycles. The molecule has 3 aromatic heterocycles. The van der Waals surface area contributed by atoms with Crippen LogP contribution in [0.4, 0.5) is 17.3 Å². The van der Waals surface area contributed by atoms with Crippen molar-refractivity contribution in [3.05, 3.63) is 54.2 Å². The van der Waals surface area contributed by atoms with Crippen molar-refractivity contribution in [1.82, 2.24) is 29.4 Å². The number of amides is 1. The zero-order valence-corrected chi connectivity index (χ0v) is 20.4. The molecule has 1 aromatic carbocycles. The Labute approximate surface area is 208 Å². The summed E-state index contributed by atoms with van der Waals surface area (Å²) in [6.45, 7) is 4.55. The average molecular weight is 488 g/mol. The van der Waals surface area contributed by atoms with E-state index in [2.05, 4.69) is 47.6 Å². The van der Waals surface area contributed by atoms with Gasteiger partial charge in [-0.15, -0.1) is 0 Å². The van der Waals surface area contributed by atoms with Gasteiger partial charge in [0.25, 0.3) is 5.91 Å². The summed E-state index contributed by atoms with van der Waals surface area (Å²) < 4.78 is 7.28. The van der Waals surface area contributed by atoms with E-state index in [-0.39, 0.29) is 11.5 Å². The molecule has 0 unspecified atom stereocenters. The zero-order chi connectivity index (χ0) is 25.1. The highest BCUT2D eigenvalue weighted by atomic mass is 16.5. The third-order valence-corrected chi connectivity index (χ3v) is 6.30. The second kappa shape index (κ2) is 10.3. The van der Waals surface area contributed by atoms with Crippen molar-refractivity contribution in [3.8, 4) is 11.3 Å². The average Bonchev–Trinajstić information content (AvgIpc) is 3.29. The number of anilines is 3. The van der Waals surface area contributed by atoms with Crippen molar-refractivity contribution in [1.29, 1.82) is 0 Å². The standard InChI is InChI=1S/C25H29N9O2/c1-27-24-21(18-13-28-14-19-20(18)29-15-33(19)2)31-22(23(26)35)25(32-24)30-17-5-3-16(4-6-17)7-8-34-9-11-36-12-10-34/h3-6,13-15H,7-12H2,1-2H3,(H2,26,35)(H2,27,30,32). The van der Waals surface area contributed by atoms with Crippen molar-refractivity contribution in [2.45, 2.75) is 6.42 Å². The van der Waals surface area contributed by atoms with E-state index in [9.17, 15) is 4.79 Å². The number of benzene rings is 1. The molecule has 186 valence electrons. The number of nitrogens with two attached hydrogens (primary N) is 1. The van der Waals surface area contributed by atoms with Gasteiger partial charge in [0.2, 0.25) is 0 Å². The molecule has 11 heteroatoms. The number of primary amides is 1. The first-order valence-electron chi connectivity index (χ1n) is 11.8. The van der Waals surface area contributed by atoms with Crippen LogP contribution in [-0.2, 0) is 18.2 Å². The van der Waals surface area contributed by atoms with E-state index in [0.717, 1.165) is 50.5 Å². The molecule has 4 heterocycles. The van der Waals surface area contributed by atoms with Gasteiger partial charge in [0, 0.05) is 45.6 Å². The van der Waals surface area contributed by atoms with E-state index in [1.807, 2.05) is 23.7 Å². The lowest BCUT2D eigenvalue weighted by Gasteiger charge is -2.26. The number of morpholine rings is 1. The number of imidazole rings is 1. The first-order chi connectivity index (χ1) is 17.5. The summed E-state index contributed by atoms with van der Waals surface area (Å²) in [6.07, 6.45) is 6.05. The van der Waals surface area contributed by atoms with Crippen LogP contribution in [-0.4, -0.2) is 75.2 Å². The Bertz CT molecular complexity index is 1380. The number of nitrogens with one attached hydrogen (secondary N) is 2.